The van der Waals surface area contributed by atoms with E-state index in [-0.39, 0.29) is 24.9 Å². The van der Waals surface area contributed by atoms with Gasteiger partial charge in [-0.05, 0) is 18.6 Å². The molecule has 1 saturated heterocycles. The standard InChI is InChI=1S/C16H17F3N2O2.C2H6/c1-10-2-3-11-7-20(5-4-14(22)13(11)6-10)12-8-21(9-12)15(23)16(17,18)19;1-2/h2-3,6,12H,4-5,7-9H2,1H3;1-2H3. The first-order valence-electron chi connectivity index (χ1n) is 8.48. The topological polar surface area (TPSA) is 40.6 Å². The summed E-state index contributed by atoms with van der Waals surface area (Å²) in [6, 6.07) is 5.57. The second-order valence-electron chi connectivity index (χ2n) is 6.17. The number of Topliss-reactive ketones (excluding diaryl/α,β-unsaturated/α-hetero) is 1. The predicted octanol–water partition coefficient (Wildman–Crippen LogP) is 3.18. The van der Waals surface area contributed by atoms with E-state index in [2.05, 4.69) is 0 Å². The van der Waals surface area contributed by atoms with Crippen molar-refractivity contribution in [1.82, 2.24) is 9.80 Å². The number of carbonyl (C=O) groups excluding carboxylic acids is 2. The van der Waals surface area contributed by atoms with Crippen LogP contribution in [0.15, 0.2) is 18.2 Å². The fraction of sp³-hybridized carbons (Fsp3) is 0.556. The maximum atomic E-state index is 12.4. The van der Waals surface area contributed by atoms with Gasteiger partial charge in [0.05, 0.1) is 0 Å². The SMILES string of the molecule is CC.Cc1ccc2c(c1)C(=O)CCN(C1CN(C(=O)C(F)(F)F)C1)C2. The van der Waals surface area contributed by atoms with Crippen molar-refractivity contribution in [3.05, 3.63) is 34.9 Å². The number of alkyl halides is 3. The smallest absolute Gasteiger partial charge is 0.332 e. The summed E-state index contributed by atoms with van der Waals surface area (Å²) in [4.78, 5) is 26.2. The van der Waals surface area contributed by atoms with Crippen LogP contribution in [0.4, 0.5) is 13.2 Å². The number of fused-ring (bicyclic) bond motifs is 1. The van der Waals surface area contributed by atoms with E-state index in [1.807, 2.05) is 43.9 Å². The Morgan fingerprint density at radius 1 is 1.20 bits per heavy atom. The van der Waals surface area contributed by atoms with E-state index in [0.717, 1.165) is 16.0 Å². The molecule has 0 saturated carbocycles. The average Bonchev–Trinajstić information content (AvgIpc) is 2.67. The van der Waals surface area contributed by atoms with Crippen LogP contribution in [0.1, 0.15) is 41.8 Å². The first-order chi connectivity index (χ1) is 11.8. The van der Waals surface area contributed by atoms with Crippen LogP contribution in [-0.2, 0) is 11.3 Å². The fourth-order valence-corrected chi connectivity index (χ4v) is 3.11. The maximum absolute atomic E-state index is 12.4. The Morgan fingerprint density at radius 3 is 2.44 bits per heavy atom. The molecule has 138 valence electrons. The fourth-order valence-electron chi connectivity index (χ4n) is 3.11. The van der Waals surface area contributed by atoms with Gasteiger partial charge in [0.15, 0.2) is 5.78 Å². The highest BCUT2D eigenvalue weighted by Gasteiger charge is 2.47. The highest BCUT2D eigenvalue weighted by molar-refractivity contribution is 5.98. The van der Waals surface area contributed by atoms with Crippen molar-refractivity contribution in [2.45, 2.75) is 46.0 Å². The zero-order chi connectivity index (χ0) is 18.8. The number of amides is 1. The summed E-state index contributed by atoms with van der Waals surface area (Å²) in [5.41, 5.74) is 2.62. The van der Waals surface area contributed by atoms with Crippen LogP contribution in [0.3, 0.4) is 0 Å². The monoisotopic (exact) mass is 356 g/mol. The third kappa shape index (κ3) is 4.21. The molecule has 1 aromatic rings. The van der Waals surface area contributed by atoms with Crippen molar-refractivity contribution >= 4 is 11.7 Å². The van der Waals surface area contributed by atoms with Gasteiger partial charge in [-0.25, -0.2) is 0 Å². The Balaban J connectivity index is 0.00000109. The second kappa shape index (κ2) is 7.56. The van der Waals surface area contributed by atoms with Crippen molar-refractivity contribution in [3.63, 3.8) is 0 Å². The van der Waals surface area contributed by atoms with Crippen molar-refractivity contribution in [1.29, 1.82) is 0 Å². The van der Waals surface area contributed by atoms with Crippen molar-refractivity contribution in [2.75, 3.05) is 19.6 Å². The lowest BCUT2D eigenvalue weighted by Gasteiger charge is -2.45. The van der Waals surface area contributed by atoms with E-state index in [9.17, 15) is 22.8 Å². The van der Waals surface area contributed by atoms with Gasteiger partial charge in [-0.3, -0.25) is 14.5 Å². The van der Waals surface area contributed by atoms with Crippen molar-refractivity contribution in [3.8, 4) is 0 Å². The molecule has 1 aromatic carbocycles. The van der Waals surface area contributed by atoms with Gasteiger partial charge in [-0.2, -0.15) is 13.2 Å². The van der Waals surface area contributed by atoms with E-state index < -0.39 is 12.1 Å². The molecule has 0 aliphatic carbocycles. The van der Waals surface area contributed by atoms with Crippen LogP contribution < -0.4 is 0 Å². The summed E-state index contributed by atoms with van der Waals surface area (Å²) in [7, 11) is 0. The summed E-state index contributed by atoms with van der Waals surface area (Å²) in [5, 5.41) is 0. The third-order valence-electron chi connectivity index (χ3n) is 4.47. The van der Waals surface area contributed by atoms with Crippen LogP contribution in [0.5, 0.6) is 0 Å². The minimum Gasteiger partial charge on any atom is -0.332 e. The molecule has 25 heavy (non-hydrogen) atoms. The predicted molar refractivity (Wildman–Crippen MR) is 88.3 cm³/mol. The summed E-state index contributed by atoms with van der Waals surface area (Å²) in [5.74, 6) is -1.72. The van der Waals surface area contributed by atoms with E-state index in [4.69, 9.17) is 0 Å². The van der Waals surface area contributed by atoms with E-state index in [1.54, 1.807) is 0 Å². The molecule has 7 heteroatoms. The first-order valence-corrected chi connectivity index (χ1v) is 8.48. The van der Waals surface area contributed by atoms with Gasteiger partial charge in [0.25, 0.3) is 0 Å². The number of ketones is 1. The van der Waals surface area contributed by atoms with E-state index in [1.165, 1.54) is 0 Å². The number of rotatable bonds is 1. The zero-order valence-electron chi connectivity index (χ0n) is 14.7. The highest BCUT2D eigenvalue weighted by atomic mass is 19.4. The second-order valence-corrected chi connectivity index (χ2v) is 6.17. The number of hydrogen-bond acceptors (Lipinski definition) is 3. The van der Waals surface area contributed by atoms with Crippen molar-refractivity contribution in [2.24, 2.45) is 0 Å². The highest BCUT2D eigenvalue weighted by Crippen LogP contribution is 2.27. The van der Waals surface area contributed by atoms with Crippen LogP contribution >= 0.6 is 0 Å². The quantitative estimate of drug-likeness (QED) is 0.776. The molecular formula is C18H23F3N2O2. The summed E-state index contributed by atoms with van der Waals surface area (Å²) in [6.45, 7) is 7.08. The van der Waals surface area contributed by atoms with Crippen LogP contribution in [0, 0.1) is 6.92 Å². The summed E-state index contributed by atoms with van der Waals surface area (Å²) in [6.07, 6.45) is -4.47. The first kappa shape index (κ1) is 19.4. The van der Waals surface area contributed by atoms with Crippen molar-refractivity contribution < 1.29 is 22.8 Å². The number of nitrogens with zero attached hydrogens (tertiary/aromatic N) is 2. The molecule has 2 aliphatic rings. The van der Waals surface area contributed by atoms with Crippen LogP contribution in [-0.4, -0.2) is 53.3 Å². The third-order valence-corrected chi connectivity index (χ3v) is 4.47. The van der Waals surface area contributed by atoms with Gasteiger partial charge in [0.1, 0.15) is 0 Å². The molecule has 1 fully saturated rings. The molecule has 4 nitrogen and oxygen atoms in total. The summed E-state index contributed by atoms with van der Waals surface area (Å²) < 4.78 is 37.2. The van der Waals surface area contributed by atoms with Crippen LogP contribution in [0.25, 0.3) is 0 Å². The Morgan fingerprint density at radius 2 is 1.84 bits per heavy atom. The number of likely N-dealkylation sites (tertiary alicyclic amines) is 1. The van der Waals surface area contributed by atoms with Gasteiger partial charge in [0.2, 0.25) is 0 Å². The minimum absolute atomic E-state index is 0.0632. The number of halogens is 3. The number of hydrogen-bond donors (Lipinski definition) is 0. The molecule has 0 spiro atoms. The lowest BCUT2D eigenvalue weighted by Crippen LogP contribution is -2.63. The van der Waals surface area contributed by atoms with Gasteiger partial charge in [-0.15, -0.1) is 0 Å². The number of carbonyl (C=O) groups is 2. The normalized spacial score (nSPS) is 18.6. The Hall–Kier alpha value is -1.89. The van der Waals surface area contributed by atoms with Gasteiger partial charge in [-0.1, -0.05) is 31.5 Å². The molecule has 0 unspecified atom stereocenters. The molecule has 1 amide bonds. The number of benzene rings is 1. The Bertz CT molecular complexity index is 652. The Labute approximate surface area is 145 Å². The molecule has 0 N–H and O–H groups in total. The zero-order valence-corrected chi connectivity index (χ0v) is 14.7. The van der Waals surface area contributed by atoms with Gasteiger partial charge < -0.3 is 4.90 Å². The van der Waals surface area contributed by atoms with Gasteiger partial charge >= 0.3 is 12.1 Å². The summed E-state index contributed by atoms with van der Waals surface area (Å²) >= 11 is 0. The molecule has 2 aliphatic heterocycles. The Kier molecular flexibility index (Phi) is 5.87. The molecule has 0 aromatic heterocycles. The lowest BCUT2D eigenvalue weighted by atomic mass is 10.0. The maximum Gasteiger partial charge on any atom is 0.471 e. The lowest BCUT2D eigenvalue weighted by molar-refractivity contribution is -0.192. The largest absolute Gasteiger partial charge is 0.471 e. The van der Waals surface area contributed by atoms with Crippen LogP contribution in [0.2, 0.25) is 0 Å². The number of aryl methyl sites for hydroxylation is 1. The molecule has 3 rings (SSSR count). The van der Waals surface area contributed by atoms with Gasteiger partial charge in [0, 0.05) is 44.2 Å². The minimum atomic E-state index is -4.82. The molecular weight excluding hydrogens is 333 g/mol. The molecule has 0 bridgehead atoms. The average molecular weight is 356 g/mol. The van der Waals surface area contributed by atoms with E-state index in [0.29, 0.717) is 25.1 Å². The molecule has 0 radical (unpaired) electrons. The van der Waals surface area contributed by atoms with E-state index >= 15 is 0 Å². The molecule has 0 atom stereocenters. The molecule has 2 heterocycles.